The third-order valence-corrected chi connectivity index (χ3v) is 5.49. The second kappa shape index (κ2) is 8.48. The molecule has 2 amide bonds. The molecule has 1 saturated carbocycles. The summed E-state index contributed by atoms with van der Waals surface area (Å²) in [5.41, 5.74) is 1.96. The Labute approximate surface area is 172 Å². The zero-order valence-corrected chi connectivity index (χ0v) is 16.7. The maximum atomic E-state index is 12.8. The van der Waals surface area contributed by atoms with Crippen molar-refractivity contribution in [3.8, 4) is 0 Å². The number of carbonyl (C=O) groups is 2. The van der Waals surface area contributed by atoms with Gasteiger partial charge in [-0.3, -0.25) is 9.59 Å². The molecule has 8 heteroatoms. The number of hydrogen-bond acceptors (Lipinski definition) is 6. The lowest BCUT2D eigenvalue weighted by Crippen LogP contribution is -2.14. The van der Waals surface area contributed by atoms with Gasteiger partial charge in [-0.15, -0.1) is 11.8 Å². The molecule has 0 bridgehead atoms. The lowest BCUT2D eigenvalue weighted by atomic mass is 10.2. The second-order valence-corrected chi connectivity index (χ2v) is 7.83. The highest BCUT2D eigenvalue weighted by atomic mass is 32.2. The number of benzene rings is 2. The van der Waals surface area contributed by atoms with Gasteiger partial charge in [0.15, 0.2) is 5.82 Å². The van der Waals surface area contributed by atoms with Crippen LogP contribution in [0.4, 0.5) is 11.4 Å². The molecule has 1 fully saturated rings. The van der Waals surface area contributed by atoms with Crippen molar-refractivity contribution in [2.75, 3.05) is 10.6 Å². The zero-order chi connectivity index (χ0) is 20.2. The maximum Gasteiger partial charge on any atom is 0.256 e. The van der Waals surface area contributed by atoms with E-state index in [4.69, 9.17) is 4.52 Å². The van der Waals surface area contributed by atoms with Crippen molar-refractivity contribution >= 4 is 35.0 Å². The van der Waals surface area contributed by atoms with Gasteiger partial charge in [0, 0.05) is 29.1 Å². The van der Waals surface area contributed by atoms with E-state index in [0.717, 1.165) is 23.4 Å². The van der Waals surface area contributed by atoms with E-state index < -0.39 is 0 Å². The maximum absolute atomic E-state index is 12.8. The minimum absolute atomic E-state index is 0.0598. The Balaban J connectivity index is 1.39. The van der Waals surface area contributed by atoms with Crippen LogP contribution in [0, 0.1) is 12.8 Å². The van der Waals surface area contributed by atoms with Crippen LogP contribution >= 0.6 is 11.8 Å². The van der Waals surface area contributed by atoms with Crippen LogP contribution in [0.2, 0.25) is 0 Å². The van der Waals surface area contributed by atoms with Crippen LogP contribution in [-0.2, 0) is 10.5 Å². The first kappa shape index (κ1) is 19.2. The molecule has 2 N–H and O–H groups in total. The van der Waals surface area contributed by atoms with Crippen molar-refractivity contribution in [1.29, 1.82) is 0 Å². The van der Waals surface area contributed by atoms with Crippen molar-refractivity contribution in [2.45, 2.75) is 30.4 Å². The number of amides is 2. The summed E-state index contributed by atoms with van der Waals surface area (Å²) in [6.07, 6.45) is 1.92. The highest BCUT2D eigenvalue weighted by Crippen LogP contribution is 2.30. The van der Waals surface area contributed by atoms with Gasteiger partial charge in [0.2, 0.25) is 11.8 Å². The monoisotopic (exact) mass is 408 g/mol. The summed E-state index contributed by atoms with van der Waals surface area (Å²) in [7, 11) is 0. The van der Waals surface area contributed by atoms with Crippen molar-refractivity contribution in [2.24, 2.45) is 5.92 Å². The summed E-state index contributed by atoms with van der Waals surface area (Å²) in [6, 6.07) is 14.5. The van der Waals surface area contributed by atoms with Crippen molar-refractivity contribution < 1.29 is 14.1 Å². The van der Waals surface area contributed by atoms with Crippen LogP contribution in [-0.4, -0.2) is 22.0 Å². The van der Waals surface area contributed by atoms with E-state index in [1.165, 1.54) is 11.8 Å². The van der Waals surface area contributed by atoms with Crippen molar-refractivity contribution in [1.82, 2.24) is 10.1 Å². The number of carbonyl (C=O) groups excluding carboxylic acids is 2. The highest BCUT2D eigenvalue weighted by Gasteiger charge is 2.29. The summed E-state index contributed by atoms with van der Waals surface area (Å²) in [5.74, 6) is 1.63. The predicted octanol–water partition coefficient (Wildman–Crippen LogP) is 4.27. The van der Waals surface area contributed by atoms with E-state index in [2.05, 4.69) is 20.8 Å². The van der Waals surface area contributed by atoms with Crippen LogP contribution < -0.4 is 10.6 Å². The zero-order valence-electron chi connectivity index (χ0n) is 15.8. The van der Waals surface area contributed by atoms with Crippen LogP contribution in [0.15, 0.2) is 57.9 Å². The van der Waals surface area contributed by atoms with Gasteiger partial charge in [-0.05, 0) is 49.2 Å². The summed E-state index contributed by atoms with van der Waals surface area (Å²) in [4.78, 5) is 29.6. The molecule has 0 spiro atoms. The normalized spacial score (nSPS) is 13.1. The highest BCUT2D eigenvalue weighted by molar-refractivity contribution is 7.98. The third kappa shape index (κ3) is 5.03. The first-order valence-electron chi connectivity index (χ1n) is 9.32. The minimum Gasteiger partial charge on any atom is -0.340 e. The smallest absolute Gasteiger partial charge is 0.256 e. The molecule has 0 unspecified atom stereocenters. The Morgan fingerprint density at radius 2 is 1.76 bits per heavy atom. The van der Waals surface area contributed by atoms with Gasteiger partial charge in [-0.25, -0.2) is 0 Å². The van der Waals surface area contributed by atoms with Crippen LogP contribution in [0.25, 0.3) is 0 Å². The molecular formula is C21H20N4O3S. The molecule has 0 aliphatic heterocycles. The van der Waals surface area contributed by atoms with Gasteiger partial charge in [-0.2, -0.15) is 4.98 Å². The SMILES string of the molecule is Cc1nc(CSc2ccccc2C(=O)Nc2ccc(NC(=O)C3CC3)cc2)no1. The lowest BCUT2D eigenvalue weighted by molar-refractivity contribution is -0.117. The molecular weight excluding hydrogens is 388 g/mol. The molecule has 0 saturated heterocycles. The average Bonchev–Trinajstić information content (AvgIpc) is 3.50. The molecule has 29 heavy (non-hydrogen) atoms. The molecule has 1 heterocycles. The molecule has 1 aromatic heterocycles. The molecule has 1 aliphatic rings. The fraction of sp³-hybridized carbons (Fsp3) is 0.238. The number of nitrogens with zero attached hydrogens (tertiary/aromatic N) is 2. The minimum atomic E-state index is -0.202. The number of nitrogens with one attached hydrogen (secondary N) is 2. The molecule has 0 radical (unpaired) electrons. The average molecular weight is 408 g/mol. The first-order valence-corrected chi connectivity index (χ1v) is 10.3. The molecule has 3 aromatic rings. The van der Waals surface area contributed by atoms with E-state index in [0.29, 0.717) is 28.7 Å². The molecule has 148 valence electrons. The molecule has 7 nitrogen and oxygen atoms in total. The topological polar surface area (TPSA) is 97.1 Å². The summed E-state index contributed by atoms with van der Waals surface area (Å²) in [5, 5.41) is 9.67. The van der Waals surface area contributed by atoms with E-state index >= 15 is 0 Å². The second-order valence-electron chi connectivity index (χ2n) is 6.81. The Hall–Kier alpha value is -3.13. The number of aryl methyl sites for hydroxylation is 1. The van der Waals surface area contributed by atoms with Crippen molar-refractivity contribution in [3.05, 3.63) is 65.8 Å². The van der Waals surface area contributed by atoms with Gasteiger partial charge < -0.3 is 15.2 Å². The van der Waals surface area contributed by atoms with Gasteiger partial charge in [0.05, 0.1) is 11.3 Å². The van der Waals surface area contributed by atoms with Crippen LogP contribution in [0.1, 0.15) is 34.9 Å². The molecule has 2 aromatic carbocycles. The Morgan fingerprint density at radius 1 is 1.07 bits per heavy atom. The van der Waals surface area contributed by atoms with E-state index in [1.807, 2.05) is 18.2 Å². The van der Waals surface area contributed by atoms with E-state index in [-0.39, 0.29) is 17.7 Å². The lowest BCUT2D eigenvalue weighted by Gasteiger charge is -2.10. The predicted molar refractivity (Wildman–Crippen MR) is 111 cm³/mol. The van der Waals surface area contributed by atoms with Gasteiger partial charge in [0.1, 0.15) is 0 Å². The molecule has 0 atom stereocenters. The largest absolute Gasteiger partial charge is 0.340 e. The van der Waals surface area contributed by atoms with Crippen molar-refractivity contribution in [3.63, 3.8) is 0 Å². The fourth-order valence-electron chi connectivity index (χ4n) is 2.75. The quantitative estimate of drug-likeness (QED) is 0.567. The number of anilines is 2. The number of hydrogen-bond donors (Lipinski definition) is 2. The van der Waals surface area contributed by atoms with E-state index in [1.54, 1.807) is 37.3 Å². The number of thioether (sulfide) groups is 1. The van der Waals surface area contributed by atoms with E-state index in [9.17, 15) is 9.59 Å². The summed E-state index contributed by atoms with van der Waals surface area (Å²) >= 11 is 1.48. The van der Waals surface area contributed by atoms with Gasteiger partial charge >= 0.3 is 0 Å². The molecule has 4 rings (SSSR count). The summed E-state index contributed by atoms with van der Waals surface area (Å²) in [6.45, 7) is 1.74. The number of rotatable bonds is 7. The number of aromatic nitrogens is 2. The van der Waals surface area contributed by atoms with Crippen LogP contribution in [0.3, 0.4) is 0 Å². The standard InChI is InChI=1S/C21H20N4O3S/c1-13-22-19(25-28-13)12-29-18-5-3-2-4-17(18)21(27)24-16-10-8-15(9-11-16)23-20(26)14-6-7-14/h2-5,8-11,14H,6-7,12H2,1H3,(H,23,26)(H,24,27). The van der Waals surface area contributed by atoms with Gasteiger partial charge in [0.25, 0.3) is 5.91 Å². The Bertz CT molecular complexity index is 1030. The third-order valence-electron chi connectivity index (χ3n) is 4.42. The molecule has 1 aliphatic carbocycles. The first-order chi connectivity index (χ1) is 14.1. The Kier molecular flexibility index (Phi) is 5.62. The Morgan fingerprint density at radius 3 is 2.41 bits per heavy atom. The summed E-state index contributed by atoms with van der Waals surface area (Å²) < 4.78 is 4.98. The van der Waals surface area contributed by atoms with Crippen LogP contribution in [0.5, 0.6) is 0 Å². The van der Waals surface area contributed by atoms with Gasteiger partial charge in [-0.1, -0.05) is 17.3 Å². The fourth-order valence-corrected chi connectivity index (χ4v) is 3.64.